The van der Waals surface area contributed by atoms with E-state index in [9.17, 15) is 9.18 Å². The van der Waals surface area contributed by atoms with E-state index in [4.69, 9.17) is 0 Å². The van der Waals surface area contributed by atoms with Gasteiger partial charge in [0.05, 0.1) is 12.2 Å². The maximum Gasteiger partial charge on any atom is 0.322 e. The van der Waals surface area contributed by atoms with Crippen molar-refractivity contribution in [3.63, 3.8) is 0 Å². The normalized spacial score (nSPS) is 10.5. The number of thiophene rings is 1. The van der Waals surface area contributed by atoms with Crippen molar-refractivity contribution >= 4 is 23.1 Å². The van der Waals surface area contributed by atoms with Gasteiger partial charge >= 0.3 is 6.03 Å². The third kappa shape index (κ3) is 4.45. The number of amides is 2. The van der Waals surface area contributed by atoms with Crippen LogP contribution in [0.15, 0.2) is 66.0 Å². The van der Waals surface area contributed by atoms with Crippen LogP contribution in [0, 0.1) is 12.7 Å². The Bertz CT molecular complexity index is 848. The number of carbonyl (C=O) groups excluding carboxylic acids is 1. The van der Waals surface area contributed by atoms with Gasteiger partial charge in [0.2, 0.25) is 0 Å². The highest BCUT2D eigenvalue weighted by molar-refractivity contribution is 7.10. The Morgan fingerprint density at radius 2 is 1.76 bits per heavy atom. The molecule has 3 nitrogen and oxygen atoms in total. The molecular formula is C20H19FN2OS. The van der Waals surface area contributed by atoms with E-state index in [-0.39, 0.29) is 11.7 Å². The molecule has 25 heavy (non-hydrogen) atoms. The summed E-state index contributed by atoms with van der Waals surface area (Å²) in [7, 11) is 0. The van der Waals surface area contributed by atoms with Gasteiger partial charge in [-0.25, -0.2) is 9.18 Å². The molecule has 0 unspecified atom stereocenters. The first kappa shape index (κ1) is 17.2. The van der Waals surface area contributed by atoms with Gasteiger partial charge < -0.3 is 10.2 Å². The third-order valence-electron chi connectivity index (χ3n) is 3.92. The summed E-state index contributed by atoms with van der Waals surface area (Å²) in [6.07, 6.45) is 0. The maximum atomic E-state index is 13.9. The Morgan fingerprint density at radius 1 is 1.04 bits per heavy atom. The number of aryl methyl sites for hydroxylation is 1. The summed E-state index contributed by atoms with van der Waals surface area (Å²) in [4.78, 5) is 15.6. The van der Waals surface area contributed by atoms with Crippen molar-refractivity contribution in [1.29, 1.82) is 0 Å². The number of nitrogens with one attached hydrogen (secondary N) is 1. The molecule has 3 rings (SSSR count). The van der Waals surface area contributed by atoms with E-state index in [0.717, 1.165) is 16.0 Å². The topological polar surface area (TPSA) is 32.3 Å². The van der Waals surface area contributed by atoms with Crippen molar-refractivity contribution in [1.82, 2.24) is 4.90 Å². The molecule has 5 heteroatoms. The van der Waals surface area contributed by atoms with Crippen molar-refractivity contribution < 1.29 is 9.18 Å². The van der Waals surface area contributed by atoms with Crippen LogP contribution < -0.4 is 5.32 Å². The van der Waals surface area contributed by atoms with Gasteiger partial charge in [-0.3, -0.25) is 0 Å². The minimum atomic E-state index is -0.442. The molecule has 2 aromatic carbocycles. The molecule has 3 aromatic rings. The predicted octanol–water partition coefficient (Wildman–Crippen LogP) is 5.43. The second-order valence-electron chi connectivity index (χ2n) is 5.78. The first-order valence-electron chi connectivity index (χ1n) is 8.01. The van der Waals surface area contributed by atoms with E-state index in [2.05, 4.69) is 5.32 Å². The van der Waals surface area contributed by atoms with Gasteiger partial charge in [0.15, 0.2) is 0 Å². The molecule has 0 aliphatic heterocycles. The average Bonchev–Trinajstić information content (AvgIpc) is 3.02. The van der Waals surface area contributed by atoms with Crippen LogP contribution in [-0.4, -0.2) is 10.9 Å². The van der Waals surface area contributed by atoms with Crippen molar-refractivity contribution in [3.8, 4) is 0 Å². The van der Waals surface area contributed by atoms with Crippen LogP contribution in [0.5, 0.6) is 0 Å². The molecule has 0 aliphatic rings. The van der Waals surface area contributed by atoms with Crippen LogP contribution in [-0.2, 0) is 13.1 Å². The predicted molar refractivity (Wildman–Crippen MR) is 100 cm³/mol. The van der Waals surface area contributed by atoms with Crippen molar-refractivity contribution in [2.75, 3.05) is 5.32 Å². The Labute approximate surface area is 150 Å². The standard InChI is InChI=1S/C20H19FN2OS/c1-15-11-12-25-19(15)14-23(13-16-7-3-2-4-8-16)20(24)22-18-10-6-5-9-17(18)21/h2-12H,13-14H2,1H3,(H,22,24). The number of rotatable bonds is 5. The molecule has 0 aliphatic carbocycles. The van der Waals surface area contributed by atoms with Crippen LogP contribution in [0.25, 0.3) is 0 Å². The zero-order chi connectivity index (χ0) is 17.6. The SMILES string of the molecule is Cc1ccsc1CN(Cc1ccccc1)C(=O)Nc1ccccc1F. The molecule has 0 bridgehead atoms. The van der Waals surface area contributed by atoms with Crippen LogP contribution in [0.3, 0.4) is 0 Å². The highest BCUT2D eigenvalue weighted by Crippen LogP contribution is 2.21. The summed E-state index contributed by atoms with van der Waals surface area (Å²) in [5, 5.41) is 4.69. The van der Waals surface area contributed by atoms with E-state index in [1.807, 2.05) is 48.7 Å². The van der Waals surface area contributed by atoms with Gasteiger partial charge in [-0.1, -0.05) is 42.5 Å². The number of urea groups is 1. The fraction of sp³-hybridized carbons (Fsp3) is 0.150. The number of benzene rings is 2. The molecule has 0 atom stereocenters. The first-order chi connectivity index (χ1) is 12.1. The van der Waals surface area contributed by atoms with E-state index in [1.54, 1.807) is 34.4 Å². The summed E-state index contributed by atoms with van der Waals surface area (Å²) in [6, 6.07) is 17.7. The number of para-hydroxylation sites is 1. The largest absolute Gasteiger partial charge is 0.322 e. The highest BCUT2D eigenvalue weighted by Gasteiger charge is 2.17. The maximum absolute atomic E-state index is 13.9. The molecule has 0 spiro atoms. The lowest BCUT2D eigenvalue weighted by molar-refractivity contribution is 0.207. The molecule has 0 fully saturated rings. The number of anilines is 1. The second kappa shape index (κ2) is 7.94. The monoisotopic (exact) mass is 354 g/mol. The zero-order valence-corrected chi connectivity index (χ0v) is 14.7. The lowest BCUT2D eigenvalue weighted by Gasteiger charge is -2.23. The van der Waals surface area contributed by atoms with Gasteiger partial charge in [-0.05, 0) is 41.6 Å². The lowest BCUT2D eigenvalue weighted by atomic mass is 10.2. The number of hydrogen-bond acceptors (Lipinski definition) is 2. The molecule has 128 valence electrons. The molecule has 0 saturated heterocycles. The minimum absolute atomic E-state index is 0.188. The molecule has 1 aromatic heterocycles. The summed E-state index contributed by atoms with van der Waals surface area (Å²) in [5.41, 5.74) is 2.37. The third-order valence-corrected chi connectivity index (χ3v) is 4.93. The van der Waals surface area contributed by atoms with Crippen molar-refractivity contribution in [3.05, 3.63) is 87.9 Å². The van der Waals surface area contributed by atoms with E-state index in [0.29, 0.717) is 13.1 Å². The molecular weight excluding hydrogens is 335 g/mol. The summed E-state index contributed by atoms with van der Waals surface area (Å²) in [5.74, 6) is -0.442. The van der Waals surface area contributed by atoms with Gasteiger partial charge in [-0.15, -0.1) is 11.3 Å². The second-order valence-corrected chi connectivity index (χ2v) is 6.78. The van der Waals surface area contributed by atoms with Crippen molar-refractivity contribution in [2.45, 2.75) is 20.0 Å². The molecule has 2 amide bonds. The fourth-order valence-electron chi connectivity index (χ4n) is 2.50. The Kier molecular flexibility index (Phi) is 5.46. The number of nitrogens with zero attached hydrogens (tertiary/aromatic N) is 1. The highest BCUT2D eigenvalue weighted by atomic mass is 32.1. The van der Waals surface area contributed by atoms with Gasteiger partial charge in [0, 0.05) is 11.4 Å². The smallest absolute Gasteiger partial charge is 0.315 e. The first-order valence-corrected chi connectivity index (χ1v) is 8.89. The Morgan fingerprint density at radius 3 is 2.44 bits per heavy atom. The lowest BCUT2D eigenvalue weighted by Crippen LogP contribution is -2.34. The Balaban J connectivity index is 1.80. The zero-order valence-electron chi connectivity index (χ0n) is 13.9. The van der Waals surface area contributed by atoms with E-state index >= 15 is 0 Å². The molecule has 1 N–H and O–H groups in total. The van der Waals surface area contributed by atoms with E-state index < -0.39 is 5.82 Å². The van der Waals surface area contributed by atoms with Gasteiger partial charge in [-0.2, -0.15) is 0 Å². The molecule has 1 heterocycles. The van der Waals surface area contributed by atoms with Crippen LogP contribution in [0.1, 0.15) is 16.0 Å². The fourth-order valence-corrected chi connectivity index (χ4v) is 3.42. The number of halogens is 1. The van der Waals surface area contributed by atoms with E-state index in [1.165, 1.54) is 6.07 Å². The average molecular weight is 354 g/mol. The summed E-state index contributed by atoms with van der Waals surface area (Å²) >= 11 is 1.62. The number of hydrogen-bond donors (Lipinski definition) is 1. The quantitative estimate of drug-likeness (QED) is 0.651. The number of carbonyl (C=O) groups is 1. The minimum Gasteiger partial charge on any atom is -0.315 e. The molecule has 0 saturated carbocycles. The van der Waals surface area contributed by atoms with Crippen molar-refractivity contribution in [2.24, 2.45) is 0 Å². The van der Waals surface area contributed by atoms with Gasteiger partial charge in [0.25, 0.3) is 0 Å². The summed E-state index contributed by atoms with van der Waals surface area (Å²) < 4.78 is 13.9. The van der Waals surface area contributed by atoms with Crippen LogP contribution >= 0.6 is 11.3 Å². The van der Waals surface area contributed by atoms with Crippen LogP contribution in [0.2, 0.25) is 0 Å². The Hall–Kier alpha value is -2.66. The van der Waals surface area contributed by atoms with Crippen LogP contribution in [0.4, 0.5) is 14.9 Å². The summed E-state index contributed by atoms with van der Waals surface area (Å²) in [6.45, 7) is 2.97. The molecule has 0 radical (unpaired) electrons. The van der Waals surface area contributed by atoms with Gasteiger partial charge in [0.1, 0.15) is 5.82 Å².